The van der Waals surface area contributed by atoms with Crippen LogP contribution in [0.4, 0.5) is 4.79 Å². The van der Waals surface area contributed by atoms with Gasteiger partial charge in [-0.1, -0.05) is 0 Å². The standard InChI is InChI=1S/C15H20ClN5O3/c1-15(2,3)24-14(22)20-4-5-23-11(8-20)9-21-12-10(7-18-21)6-17-13(16)19-12/h6-7,11H,4-5,8-9H2,1-3H3/t11-/m1/s1. The van der Waals surface area contributed by atoms with Crippen molar-refractivity contribution in [3.05, 3.63) is 17.7 Å². The Balaban J connectivity index is 1.68. The highest BCUT2D eigenvalue weighted by Crippen LogP contribution is 2.16. The average Bonchev–Trinajstić information content (AvgIpc) is 2.88. The molecule has 1 aliphatic heterocycles. The third kappa shape index (κ3) is 3.93. The van der Waals surface area contributed by atoms with E-state index in [0.29, 0.717) is 31.9 Å². The number of nitrogens with zero attached hydrogens (tertiary/aromatic N) is 5. The van der Waals surface area contributed by atoms with Crippen molar-refractivity contribution in [1.29, 1.82) is 0 Å². The van der Waals surface area contributed by atoms with Gasteiger partial charge in [0.1, 0.15) is 5.60 Å². The lowest BCUT2D eigenvalue weighted by atomic mass is 10.2. The van der Waals surface area contributed by atoms with Crippen LogP contribution in [0.1, 0.15) is 20.8 Å². The summed E-state index contributed by atoms with van der Waals surface area (Å²) in [5.41, 5.74) is 0.129. The molecule has 2 aromatic heterocycles. The third-order valence-corrected chi connectivity index (χ3v) is 3.70. The van der Waals surface area contributed by atoms with Gasteiger partial charge in [0.2, 0.25) is 5.28 Å². The normalized spacial score (nSPS) is 18.8. The van der Waals surface area contributed by atoms with Crippen LogP contribution in [0.25, 0.3) is 11.0 Å². The van der Waals surface area contributed by atoms with Gasteiger partial charge in [-0.05, 0) is 32.4 Å². The Morgan fingerprint density at radius 2 is 2.25 bits per heavy atom. The number of hydrogen-bond donors (Lipinski definition) is 0. The van der Waals surface area contributed by atoms with Crippen LogP contribution in [0.5, 0.6) is 0 Å². The Hall–Kier alpha value is -1.93. The maximum Gasteiger partial charge on any atom is 0.410 e. The first-order valence-electron chi connectivity index (χ1n) is 7.75. The highest BCUT2D eigenvalue weighted by atomic mass is 35.5. The van der Waals surface area contributed by atoms with Crippen LogP contribution in [-0.4, -0.2) is 62.1 Å². The minimum Gasteiger partial charge on any atom is -0.444 e. The lowest BCUT2D eigenvalue weighted by Crippen LogP contribution is -2.48. The number of rotatable bonds is 2. The molecule has 0 aromatic carbocycles. The number of morpholine rings is 1. The lowest BCUT2D eigenvalue weighted by molar-refractivity contribution is -0.0479. The molecule has 0 unspecified atom stereocenters. The predicted molar refractivity (Wildman–Crippen MR) is 87.9 cm³/mol. The van der Waals surface area contributed by atoms with Crippen LogP contribution in [0.3, 0.4) is 0 Å². The number of halogens is 1. The van der Waals surface area contributed by atoms with Crippen molar-refractivity contribution in [3.63, 3.8) is 0 Å². The smallest absolute Gasteiger partial charge is 0.410 e. The molecule has 24 heavy (non-hydrogen) atoms. The number of carbonyl (C=O) groups excluding carboxylic acids is 1. The number of amides is 1. The van der Waals surface area contributed by atoms with Crippen LogP contribution in [0, 0.1) is 0 Å². The molecule has 3 heterocycles. The van der Waals surface area contributed by atoms with Crippen LogP contribution >= 0.6 is 11.6 Å². The molecule has 0 saturated carbocycles. The molecule has 1 fully saturated rings. The summed E-state index contributed by atoms with van der Waals surface area (Å²) in [4.78, 5) is 22.0. The predicted octanol–water partition coefficient (Wildman–Crippen LogP) is 2.12. The summed E-state index contributed by atoms with van der Waals surface area (Å²) >= 11 is 5.85. The lowest BCUT2D eigenvalue weighted by Gasteiger charge is -2.34. The van der Waals surface area contributed by atoms with Crippen molar-refractivity contribution in [1.82, 2.24) is 24.6 Å². The highest BCUT2D eigenvalue weighted by molar-refractivity contribution is 6.28. The Morgan fingerprint density at radius 1 is 1.46 bits per heavy atom. The van der Waals surface area contributed by atoms with Gasteiger partial charge in [-0.3, -0.25) is 0 Å². The quantitative estimate of drug-likeness (QED) is 0.769. The van der Waals surface area contributed by atoms with E-state index in [4.69, 9.17) is 21.1 Å². The largest absolute Gasteiger partial charge is 0.444 e. The SMILES string of the molecule is CC(C)(C)OC(=O)N1CCO[C@@H](Cn2ncc3cnc(Cl)nc32)C1. The van der Waals surface area contributed by atoms with Gasteiger partial charge in [-0.2, -0.15) is 10.1 Å². The Morgan fingerprint density at radius 3 is 3.00 bits per heavy atom. The summed E-state index contributed by atoms with van der Waals surface area (Å²) in [6.07, 6.45) is 2.79. The van der Waals surface area contributed by atoms with E-state index in [2.05, 4.69) is 15.1 Å². The van der Waals surface area contributed by atoms with E-state index in [1.54, 1.807) is 22.0 Å². The van der Waals surface area contributed by atoms with Crippen molar-refractivity contribution in [2.75, 3.05) is 19.7 Å². The topological polar surface area (TPSA) is 82.4 Å². The van der Waals surface area contributed by atoms with Crippen molar-refractivity contribution >= 4 is 28.7 Å². The molecule has 1 aliphatic rings. The van der Waals surface area contributed by atoms with Crippen molar-refractivity contribution in [2.24, 2.45) is 0 Å². The monoisotopic (exact) mass is 353 g/mol. The Labute approximate surface area is 144 Å². The van der Waals surface area contributed by atoms with E-state index in [1.165, 1.54) is 0 Å². The summed E-state index contributed by atoms with van der Waals surface area (Å²) in [6, 6.07) is 0. The molecule has 130 valence electrons. The highest BCUT2D eigenvalue weighted by Gasteiger charge is 2.28. The fraction of sp³-hybridized carbons (Fsp3) is 0.600. The zero-order valence-corrected chi connectivity index (χ0v) is 14.7. The molecule has 1 saturated heterocycles. The minimum absolute atomic E-state index is 0.171. The van der Waals surface area contributed by atoms with Crippen molar-refractivity contribution < 1.29 is 14.3 Å². The van der Waals surface area contributed by atoms with Crippen LogP contribution in [0.2, 0.25) is 5.28 Å². The molecule has 9 heteroatoms. The van der Waals surface area contributed by atoms with Gasteiger partial charge >= 0.3 is 6.09 Å². The summed E-state index contributed by atoms with van der Waals surface area (Å²) in [7, 11) is 0. The van der Waals surface area contributed by atoms with Gasteiger partial charge in [0.25, 0.3) is 0 Å². The van der Waals surface area contributed by atoms with Gasteiger partial charge in [-0.15, -0.1) is 0 Å². The number of fused-ring (bicyclic) bond motifs is 1. The summed E-state index contributed by atoms with van der Waals surface area (Å²) in [6.45, 7) is 7.43. The first kappa shape index (κ1) is 16.9. The zero-order chi connectivity index (χ0) is 17.3. The number of aromatic nitrogens is 4. The summed E-state index contributed by atoms with van der Waals surface area (Å²) < 4.78 is 12.9. The Kier molecular flexibility index (Phi) is 4.60. The maximum atomic E-state index is 12.2. The third-order valence-electron chi connectivity index (χ3n) is 3.51. The number of hydrogen-bond acceptors (Lipinski definition) is 6. The van der Waals surface area contributed by atoms with Crippen molar-refractivity contribution in [2.45, 2.75) is 39.0 Å². The second kappa shape index (κ2) is 6.52. The fourth-order valence-corrected chi connectivity index (χ4v) is 2.62. The second-order valence-corrected chi connectivity index (χ2v) is 7.00. The van der Waals surface area contributed by atoms with Crippen LogP contribution in [0.15, 0.2) is 12.4 Å². The van der Waals surface area contributed by atoms with E-state index < -0.39 is 5.60 Å². The van der Waals surface area contributed by atoms with Gasteiger partial charge in [-0.25, -0.2) is 14.5 Å². The van der Waals surface area contributed by atoms with Crippen molar-refractivity contribution in [3.8, 4) is 0 Å². The molecule has 0 radical (unpaired) electrons. The van der Waals surface area contributed by atoms with Gasteiger partial charge < -0.3 is 14.4 Å². The number of carbonyl (C=O) groups is 1. The first-order chi connectivity index (χ1) is 11.3. The van der Waals surface area contributed by atoms with E-state index >= 15 is 0 Å². The second-order valence-electron chi connectivity index (χ2n) is 6.66. The molecular weight excluding hydrogens is 334 g/mol. The maximum absolute atomic E-state index is 12.2. The fourth-order valence-electron chi connectivity index (χ4n) is 2.49. The van der Waals surface area contributed by atoms with Crippen LogP contribution in [-0.2, 0) is 16.0 Å². The molecule has 8 nitrogen and oxygen atoms in total. The minimum atomic E-state index is -0.517. The van der Waals surface area contributed by atoms with Crippen LogP contribution < -0.4 is 0 Å². The number of ether oxygens (including phenoxy) is 2. The molecule has 0 spiro atoms. The first-order valence-corrected chi connectivity index (χ1v) is 8.13. The summed E-state index contributed by atoms with van der Waals surface area (Å²) in [5.74, 6) is 0. The zero-order valence-electron chi connectivity index (χ0n) is 13.9. The Bertz CT molecular complexity index is 742. The molecule has 0 aliphatic carbocycles. The molecular formula is C15H20ClN5O3. The van der Waals surface area contributed by atoms with E-state index in [-0.39, 0.29) is 17.5 Å². The molecule has 1 amide bonds. The molecule has 0 N–H and O–H groups in total. The average molecular weight is 354 g/mol. The van der Waals surface area contributed by atoms with Gasteiger partial charge in [0.05, 0.1) is 37.4 Å². The van der Waals surface area contributed by atoms with E-state index in [0.717, 1.165) is 5.39 Å². The van der Waals surface area contributed by atoms with E-state index in [9.17, 15) is 4.79 Å². The van der Waals surface area contributed by atoms with E-state index in [1.807, 2.05) is 20.8 Å². The molecule has 1 atom stereocenters. The molecule has 0 bridgehead atoms. The molecule has 2 aromatic rings. The van der Waals surface area contributed by atoms with Gasteiger partial charge in [0, 0.05) is 12.7 Å². The molecule has 3 rings (SSSR count). The summed E-state index contributed by atoms with van der Waals surface area (Å²) in [5, 5.41) is 5.28. The van der Waals surface area contributed by atoms with Gasteiger partial charge in [0.15, 0.2) is 5.65 Å².